The van der Waals surface area contributed by atoms with Crippen molar-refractivity contribution < 1.29 is 18.0 Å². The Kier molecular flexibility index (Phi) is 2.61. The average molecular weight is 247 g/mol. The van der Waals surface area contributed by atoms with Crippen LogP contribution in [-0.2, 0) is 9.67 Å². The van der Waals surface area contributed by atoms with Crippen LogP contribution in [0.4, 0.5) is 13.2 Å². The molecule has 0 aromatic heterocycles. The van der Waals surface area contributed by atoms with Crippen molar-refractivity contribution in [3.8, 4) is 0 Å². The molecule has 2 rings (SSSR count). The molecule has 6 heteroatoms. The van der Waals surface area contributed by atoms with Gasteiger partial charge in [0.1, 0.15) is 0 Å². The van der Waals surface area contributed by atoms with E-state index in [4.69, 9.17) is 0 Å². The summed E-state index contributed by atoms with van der Waals surface area (Å²) in [6, 6.07) is 7.41. The fourth-order valence-corrected chi connectivity index (χ4v) is 2.66. The van der Waals surface area contributed by atoms with Crippen LogP contribution >= 0.6 is 11.8 Å². The van der Waals surface area contributed by atoms with E-state index in [1.54, 1.807) is 6.07 Å². The Morgan fingerprint density at radius 3 is 2.31 bits per heavy atom. The highest BCUT2D eigenvalue weighted by molar-refractivity contribution is 8.01. The van der Waals surface area contributed by atoms with Gasteiger partial charge in [-0.1, -0.05) is 30.3 Å². The van der Waals surface area contributed by atoms with Crippen LogP contribution in [0.1, 0.15) is 5.56 Å². The molecule has 1 amide bonds. The van der Waals surface area contributed by atoms with Crippen molar-refractivity contribution in [1.29, 1.82) is 0 Å². The quantitative estimate of drug-likeness (QED) is 0.824. The fourth-order valence-electron chi connectivity index (χ4n) is 1.59. The molecule has 1 fully saturated rings. The molecule has 1 unspecified atom stereocenters. The standard InChI is InChI=1S/C10H8F3NOS/c11-10(12,13)9(14-8(15)6-16-9)7-4-2-1-3-5-7/h1-5H,6H2,(H,14,15). The van der Waals surface area contributed by atoms with E-state index in [1.165, 1.54) is 24.3 Å². The Hall–Kier alpha value is -1.17. The molecule has 1 saturated heterocycles. The van der Waals surface area contributed by atoms with Crippen LogP contribution < -0.4 is 5.32 Å². The van der Waals surface area contributed by atoms with Crippen LogP contribution in [-0.4, -0.2) is 17.8 Å². The molecule has 1 heterocycles. The largest absolute Gasteiger partial charge is 0.425 e. The molecule has 1 N–H and O–H groups in total. The van der Waals surface area contributed by atoms with Gasteiger partial charge in [0.05, 0.1) is 5.75 Å². The predicted molar refractivity (Wildman–Crippen MR) is 54.8 cm³/mol. The Morgan fingerprint density at radius 2 is 1.88 bits per heavy atom. The molecule has 86 valence electrons. The van der Waals surface area contributed by atoms with Gasteiger partial charge in [-0.05, 0) is 5.56 Å². The first-order valence-corrected chi connectivity index (χ1v) is 5.51. The summed E-state index contributed by atoms with van der Waals surface area (Å²) in [6.45, 7) is 0. The first-order chi connectivity index (χ1) is 7.46. The lowest BCUT2D eigenvalue weighted by atomic mass is 10.1. The molecule has 0 radical (unpaired) electrons. The van der Waals surface area contributed by atoms with E-state index < -0.39 is 17.0 Å². The van der Waals surface area contributed by atoms with Gasteiger partial charge in [0.25, 0.3) is 0 Å². The van der Waals surface area contributed by atoms with Gasteiger partial charge < -0.3 is 5.32 Å². The van der Waals surface area contributed by atoms with Crippen molar-refractivity contribution in [2.24, 2.45) is 0 Å². The normalized spacial score (nSPS) is 25.6. The summed E-state index contributed by atoms with van der Waals surface area (Å²) in [4.78, 5) is 8.76. The summed E-state index contributed by atoms with van der Waals surface area (Å²) in [5.74, 6) is -0.764. The zero-order valence-corrected chi connectivity index (χ0v) is 8.86. The van der Waals surface area contributed by atoms with Crippen molar-refractivity contribution in [3.63, 3.8) is 0 Å². The number of amides is 1. The number of halogens is 3. The SMILES string of the molecule is O=C1CSC(c2ccccc2)(C(F)(F)F)N1. The van der Waals surface area contributed by atoms with Crippen LogP contribution in [0.3, 0.4) is 0 Å². The molecule has 2 nitrogen and oxygen atoms in total. The molecule has 0 bridgehead atoms. The number of thioether (sulfide) groups is 1. The summed E-state index contributed by atoms with van der Waals surface area (Å²) < 4.78 is 39.1. The van der Waals surface area contributed by atoms with Crippen LogP contribution in [0.15, 0.2) is 30.3 Å². The smallest absolute Gasteiger partial charge is 0.329 e. The van der Waals surface area contributed by atoms with E-state index >= 15 is 0 Å². The van der Waals surface area contributed by atoms with Crippen LogP contribution in [0.25, 0.3) is 0 Å². The van der Waals surface area contributed by atoms with E-state index in [-0.39, 0.29) is 11.3 Å². The monoisotopic (exact) mass is 247 g/mol. The minimum atomic E-state index is -4.51. The van der Waals surface area contributed by atoms with E-state index in [1.807, 2.05) is 5.32 Å². The molecule has 1 aliphatic rings. The Bertz CT molecular complexity index is 406. The number of nitrogens with one attached hydrogen (secondary N) is 1. The predicted octanol–water partition coefficient (Wildman–Crippen LogP) is 2.26. The number of rotatable bonds is 1. The van der Waals surface area contributed by atoms with E-state index in [0.29, 0.717) is 11.8 Å². The van der Waals surface area contributed by atoms with Gasteiger partial charge in [-0.25, -0.2) is 0 Å². The third-order valence-corrected chi connectivity index (χ3v) is 3.72. The van der Waals surface area contributed by atoms with Gasteiger partial charge in [0, 0.05) is 0 Å². The van der Waals surface area contributed by atoms with Crippen LogP contribution in [0.5, 0.6) is 0 Å². The minimum Gasteiger partial charge on any atom is -0.329 e. The minimum absolute atomic E-state index is 0.0540. The summed E-state index contributed by atoms with van der Waals surface area (Å²) >= 11 is 0.572. The maximum Gasteiger partial charge on any atom is 0.425 e. The first kappa shape index (κ1) is 11.3. The molecule has 16 heavy (non-hydrogen) atoms. The third-order valence-electron chi connectivity index (χ3n) is 2.31. The van der Waals surface area contributed by atoms with Gasteiger partial charge >= 0.3 is 6.18 Å². The summed E-state index contributed by atoms with van der Waals surface area (Å²) in [5, 5.41) is 2.02. The zero-order valence-electron chi connectivity index (χ0n) is 8.04. The second-order valence-corrected chi connectivity index (χ2v) is 4.57. The number of carbonyl (C=O) groups excluding carboxylic acids is 1. The van der Waals surface area contributed by atoms with Crippen LogP contribution in [0.2, 0.25) is 0 Å². The third kappa shape index (κ3) is 1.67. The Balaban J connectivity index is 2.49. The van der Waals surface area contributed by atoms with Crippen LogP contribution in [0, 0.1) is 0 Å². The molecule has 1 aromatic rings. The highest BCUT2D eigenvalue weighted by atomic mass is 32.2. The summed E-state index contributed by atoms with van der Waals surface area (Å²) in [5.41, 5.74) is 0.0540. The van der Waals surface area contributed by atoms with Gasteiger partial charge in [0.2, 0.25) is 10.8 Å². The lowest BCUT2D eigenvalue weighted by molar-refractivity contribution is -0.171. The summed E-state index contributed by atoms with van der Waals surface area (Å²) in [6.07, 6.45) is -4.51. The maximum atomic E-state index is 13.0. The van der Waals surface area contributed by atoms with Crippen molar-refractivity contribution >= 4 is 17.7 Å². The van der Waals surface area contributed by atoms with Crippen molar-refractivity contribution in [3.05, 3.63) is 35.9 Å². The van der Waals surface area contributed by atoms with Gasteiger partial charge in [-0.15, -0.1) is 11.8 Å². The molecule has 0 spiro atoms. The zero-order chi connectivity index (χ0) is 11.8. The molecule has 1 aromatic carbocycles. The molecule has 0 saturated carbocycles. The first-order valence-electron chi connectivity index (χ1n) is 4.53. The lowest BCUT2D eigenvalue weighted by Gasteiger charge is -2.30. The Morgan fingerprint density at radius 1 is 1.25 bits per heavy atom. The van der Waals surface area contributed by atoms with E-state index in [0.717, 1.165) is 0 Å². The Labute approximate surface area is 94.2 Å². The lowest BCUT2D eigenvalue weighted by Crippen LogP contribution is -2.49. The average Bonchev–Trinajstić information content (AvgIpc) is 2.62. The fraction of sp³-hybridized carbons (Fsp3) is 0.300. The second-order valence-electron chi connectivity index (χ2n) is 3.38. The highest BCUT2D eigenvalue weighted by Gasteiger charge is 2.60. The van der Waals surface area contributed by atoms with Gasteiger partial charge in [-0.3, -0.25) is 4.79 Å². The van der Waals surface area contributed by atoms with Crippen molar-refractivity contribution in [1.82, 2.24) is 5.32 Å². The number of hydrogen-bond donors (Lipinski definition) is 1. The topological polar surface area (TPSA) is 29.1 Å². The van der Waals surface area contributed by atoms with Crippen molar-refractivity contribution in [2.45, 2.75) is 11.0 Å². The van der Waals surface area contributed by atoms with Crippen molar-refractivity contribution in [2.75, 3.05) is 5.75 Å². The van der Waals surface area contributed by atoms with Gasteiger partial charge in [0.15, 0.2) is 0 Å². The molecule has 0 aliphatic carbocycles. The van der Waals surface area contributed by atoms with E-state index in [9.17, 15) is 18.0 Å². The number of benzene rings is 1. The number of hydrogen-bond acceptors (Lipinski definition) is 2. The molecule has 1 aliphatic heterocycles. The molecular weight excluding hydrogens is 239 g/mol. The molecule has 1 atom stereocenters. The van der Waals surface area contributed by atoms with Gasteiger partial charge in [-0.2, -0.15) is 13.2 Å². The summed E-state index contributed by atoms with van der Waals surface area (Å²) in [7, 11) is 0. The highest BCUT2D eigenvalue weighted by Crippen LogP contribution is 2.49. The molecular formula is C10H8F3NOS. The number of alkyl halides is 3. The second kappa shape index (κ2) is 3.69. The number of carbonyl (C=O) groups is 1. The van der Waals surface area contributed by atoms with E-state index in [2.05, 4.69) is 0 Å². The maximum absolute atomic E-state index is 13.0.